The first-order chi connectivity index (χ1) is 10.2. The standard InChI is InChI=1S/C14H14N6O/c1-20-10-5-12(18-14(21)8-2-3-8)15-6-9(10)4-11(20)13-16-7-17-19-13/h4-8H,2-3H2,1H3,(H,15,18,21)(H,16,17,19). The van der Waals surface area contributed by atoms with E-state index in [9.17, 15) is 4.79 Å². The third kappa shape index (κ3) is 2.06. The molecule has 3 aromatic heterocycles. The third-order valence-corrected chi connectivity index (χ3v) is 3.77. The molecular weight excluding hydrogens is 268 g/mol. The van der Waals surface area contributed by atoms with Crippen molar-refractivity contribution in [3.63, 3.8) is 0 Å². The van der Waals surface area contributed by atoms with Crippen molar-refractivity contribution in [1.82, 2.24) is 24.7 Å². The maximum atomic E-state index is 11.8. The average Bonchev–Trinajstić information content (AvgIpc) is 3.11. The maximum absolute atomic E-state index is 11.8. The van der Waals surface area contributed by atoms with Crippen LogP contribution in [0.5, 0.6) is 0 Å². The van der Waals surface area contributed by atoms with Crippen LogP contribution in [0.3, 0.4) is 0 Å². The molecule has 0 atom stereocenters. The summed E-state index contributed by atoms with van der Waals surface area (Å²) in [5, 5.41) is 10.7. The molecule has 0 unspecified atom stereocenters. The second kappa shape index (κ2) is 4.41. The normalized spacial score (nSPS) is 14.5. The van der Waals surface area contributed by atoms with Gasteiger partial charge in [-0.2, -0.15) is 5.10 Å². The number of pyridine rings is 1. The molecule has 21 heavy (non-hydrogen) atoms. The van der Waals surface area contributed by atoms with Crippen LogP contribution in [0.4, 0.5) is 5.82 Å². The van der Waals surface area contributed by atoms with E-state index in [0.717, 1.165) is 29.4 Å². The van der Waals surface area contributed by atoms with Crippen LogP contribution in [0, 0.1) is 5.92 Å². The molecule has 7 heteroatoms. The Labute approximate surface area is 120 Å². The summed E-state index contributed by atoms with van der Waals surface area (Å²) >= 11 is 0. The minimum absolute atomic E-state index is 0.0604. The van der Waals surface area contributed by atoms with Gasteiger partial charge in [0.25, 0.3) is 0 Å². The van der Waals surface area contributed by atoms with Gasteiger partial charge in [-0.25, -0.2) is 9.97 Å². The van der Waals surface area contributed by atoms with E-state index in [1.54, 1.807) is 12.5 Å². The topological polar surface area (TPSA) is 88.5 Å². The van der Waals surface area contributed by atoms with Gasteiger partial charge in [-0.05, 0) is 18.9 Å². The van der Waals surface area contributed by atoms with E-state index in [4.69, 9.17) is 0 Å². The Balaban J connectivity index is 1.73. The number of aromatic nitrogens is 5. The Kier molecular flexibility index (Phi) is 2.53. The predicted molar refractivity (Wildman–Crippen MR) is 77.4 cm³/mol. The van der Waals surface area contributed by atoms with E-state index in [2.05, 4.69) is 25.5 Å². The van der Waals surface area contributed by atoms with Gasteiger partial charge in [-0.3, -0.25) is 9.89 Å². The lowest BCUT2D eigenvalue weighted by molar-refractivity contribution is -0.117. The van der Waals surface area contributed by atoms with E-state index in [1.165, 1.54) is 0 Å². The number of nitrogens with one attached hydrogen (secondary N) is 2. The molecule has 106 valence electrons. The number of rotatable bonds is 3. The first kappa shape index (κ1) is 12.1. The summed E-state index contributed by atoms with van der Waals surface area (Å²) in [6.45, 7) is 0. The number of carbonyl (C=O) groups is 1. The fraction of sp³-hybridized carbons (Fsp3) is 0.286. The zero-order valence-electron chi connectivity index (χ0n) is 11.5. The van der Waals surface area contributed by atoms with Crippen molar-refractivity contribution in [3.8, 4) is 11.5 Å². The lowest BCUT2D eigenvalue weighted by Crippen LogP contribution is -2.14. The number of carbonyl (C=O) groups excluding carboxylic acids is 1. The van der Waals surface area contributed by atoms with Crippen molar-refractivity contribution in [2.45, 2.75) is 12.8 Å². The minimum Gasteiger partial charge on any atom is -0.341 e. The Morgan fingerprint density at radius 2 is 2.24 bits per heavy atom. The van der Waals surface area contributed by atoms with Crippen LogP contribution < -0.4 is 5.32 Å². The van der Waals surface area contributed by atoms with E-state index < -0.39 is 0 Å². The van der Waals surface area contributed by atoms with Crippen LogP contribution in [0.2, 0.25) is 0 Å². The lowest BCUT2D eigenvalue weighted by Gasteiger charge is -2.04. The molecule has 1 aliphatic rings. The molecule has 1 aliphatic carbocycles. The fourth-order valence-electron chi connectivity index (χ4n) is 2.42. The molecular formula is C14H14N6O. The van der Waals surface area contributed by atoms with Gasteiger partial charge in [0.2, 0.25) is 5.91 Å². The Morgan fingerprint density at radius 3 is 2.95 bits per heavy atom. The molecule has 2 N–H and O–H groups in total. The number of H-pyrrole nitrogens is 1. The predicted octanol–water partition coefficient (Wildman–Crippen LogP) is 1.71. The highest BCUT2D eigenvalue weighted by atomic mass is 16.2. The molecule has 3 heterocycles. The number of aryl methyl sites for hydroxylation is 1. The number of amides is 1. The summed E-state index contributed by atoms with van der Waals surface area (Å²) in [5.41, 5.74) is 1.88. The molecule has 0 spiro atoms. The van der Waals surface area contributed by atoms with Gasteiger partial charge < -0.3 is 9.88 Å². The van der Waals surface area contributed by atoms with Gasteiger partial charge >= 0.3 is 0 Å². The fourth-order valence-corrected chi connectivity index (χ4v) is 2.42. The monoisotopic (exact) mass is 282 g/mol. The van der Waals surface area contributed by atoms with Gasteiger partial charge in [0, 0.05) is 30.6 Å². The first-order valence-corrected chi connectivity index (χ1v) is 6.85. The zero-order chi connectivity index (χ0) is 14.4. The van der Waals surface area contributed by atoms with Gasteiger partial charge in [0.05, 0.1) is 11.2 Å². The first-order valence-electron chi connectivity index (χ1n) is 6.85. The summed E-state index contributed by atoms with van der Waals surface area (Å²) < 4.78 is 1.99. The lowest BCUT2D eigenvalue weighted by atomic mass is 10.3. The van der Waals surface area contributed by atoms with Crippen LogP contribution in [0.1, 0.15) is 12.8 Å². The van der Waals surface area contributed by atoms with E-state index in [1.807, 2.05) is 23.7 Å². The number of hydrogen-bond acceptors (Lipinski definition) is 4. The summed E-state index contributed by atoms with van der Waals surface area (Å²) in [6, 6.07) is 3.86. The van der Waals surface area contributed by atoms with Crippen molar-refractivity contribution < 1.29 is 4.79 Å². The highest BCUT2D eigenvalue weighted by molar-refractivity contribution is 5.95. The van der Waals surface area contributed by atoms with Gasteiger partial charge in [-0.1, -0.05) is 0 Å². The van der Waals surface area contributed by atoms with E-state index in [0.29, 0.717) is 11.6 Å². The quantitative estimate of drug-likeness (QED) is 0.765. The van der Waals surface area contributed by atoms with Crippen LogP contribution >= 0.6 is 0 Å². The number of fused-ring (bicyclic) bond motifs is 1. The molecule has 4 rings (SSSR count). The molecule has 0 radical (unpaired) electrons. The molecule has 0 bridgehead atoms. The summed E-state index contributed by atoms with van der Waals surface area (Å²) in [6.07, 6.45) is 5.26. The Morgan fingerprint density at radius 1 is 1.38 bits per heavy atom. The Hall–Kier alpha value is -2.70. The van der Waals surface area contributed by atoms with E-state index in [-0.39, 0.29) is 11.8 Å². The van der Waals surface area contributed by atoms with Gasteiger partial charge in [-0.15, -0.1) is 0 Å². The summed E-state index contributed by atoms with van der Waals surface area (Å²) in [7, 11) is 1.94. The molecule has 1 saturated carbocycles. The zero-order valence-corrected chi connectivity index (χ0v) is 11.5. The average molecular weight is 282 g/mol. The second-order valence-electron chi connectivity index (χ2n) is 5.30. The molecule has 0 aliphatic heterocycles. The van der Waals surface area contributed by atoms with Crippen LogP contribution in [-0.4, -0.2) is 30.6 Å². The number of nitrogens with zero attached hydrogens (tertiary/aromatic N) is 4. The molecule has 1 amide bonds. The van der Waals surface area contributed by atoms with Gasteiger partial charge in [0.1, 0.15) is 12.1 Å². The highest BCUT2D eigenvalue weighted by Crippen LogP contribution is 2.31. The Bertz CT molecular complexity index is 815. The maximum Gasteiger partial charge on any atom is 0.228 e. The van der Waals surface area contributed by atoms with Crippen LogP contribution in [0.15, 0.2) is 24.7 Å². The highest BCUT2D eigenvalue weighted by Gasteiger charge is 2.29. The van der Waals surface area contributed by atoms with Crippen LogP contribution in [0.25, 0.3) is 22.4 Å². The number of hydrogen-bond donors (Lipinski definition) is 2. The van der Waals surface area contributed by atoms with Crippen molar-refractivity contribution in [2.75, 3.05) is 5.32 Å². The smallest absolute Gasteiger partial charge is 0.228 e. The van der Waals surface area contributed by atoms with E-state index >= 15 is 0 Å². The molecule has 1 fully saturated rings. The number of aromatic amines is 1. The van der Waals surface area contributed by atoms with Crippen molar-refractivity contribution >= 4 is 22.6 Å². The number of anilines is 1. The van der Waals surface area contributed by atoms with Crippen molar-refractivity contribution in [1.29, 1.82) is 0 Å². The summed E-state index contributed by atoms with van der Waals surface area (Å²) in [5.74, 6) is 1.45. The molecule has 3 aromatic rings. The largest absolute Gasteiger partial charge is 0.341 e. The van der Waals surface area contributed by atoms with Crippen molar-refractivity contribution in [3.05, 3.63) is 24.7 Å². The third-order valence-electron chi connectivity index (χ3n) is 3.77. The SMILES string of the molecule is Cn1c(-c2nc[nH]n2)cc2cnc(NC(=O)C3CC3)cc21. The molecule has 7 nitrogen and oxygen atoms in total. The molecule has 0 aromatic carbocycles. The van der Waals surface area contributed by atoms with Crippen LogP contribution in [-0.2, 0) is 11.8 Å². The van der Waals surface area contributed by atoms with Crippen molar-refractivity contribution in [2.24, 2.45) is 13.0 Å². The minimum atomic E-state index is 0.0604. The summed E-state index contributed by atoms with van der Waals surface area (Å²) in [4.78, 5) is 20.3. The molecule has 0 saturated heterocycles. The second-order valence-corrected chi connectivity index (χ2v) is 5.30. The van der Waals surface area contributed by atoms with Gasteiger partial charge in [0.15, 0.2) is 5.82 Å².